The maximum Gasteiger partial charge on any atom is 0.293 e. The fourth-order valence-corrected chi connectivity index (χ4v) is 3.53. The van der Waals surface area contributed by atoms with Gasteiger partial charge < -0.3 is 5.73 Å². The number of carbonyl (C=O) groups excluding carboxylic acids is 1. The van der Waals surface area contributed by atoms with Crippen LogP contribution in [-0.4, -0.2) is 54.9 Å². The third-order valence-electron chi connectivity index (χ3n) is 5.30. The highest BCUT2D eigenvalue weighted by Crippen LogP contribution is 2.22. The van der Waals surface area contributed by atoms with Crippen LogP contribution in [0.4, 0.5) is 14.6 Å². The number of nitrogen functional groups attached to an aromatic ring is 1. The molecule has 1 aliphatic rings. The fraction of sp³-hybridized carbons (Fsp3) is 0.368. The van der Waals surface area contributed by atoms with Crippen LogP contribution in [0.5, 0.6) is 0 Å². The summed E-state index contributed by atoms with van der Waals surface area (Å²) in [6.07, 6.45) is 4.28. The van der Waals surface area contributed by atoms with E-state index in [0.29, 0.717) is 18.3 Å². The molecule has 3 heterocycles. The zero-order valence-corrected chi connectivity index (χ0v) is 17.2. The molecule has 1 aliphatic heterocycles. The minimum Gasteiger partial charge on any atom is -0.378 e. The van der Waals surface area contributed by atoms with Crippen LogP contribution in [0, 0.1) is 11.6 Å². The first kappa shape index (κ1) is 21.5. The zero-order valence-electron chi connectivity index (χ0n) is 17.2. The van der Waals surface area contributed by atoms with Gasteiger partial charge in [0.2, 0.25) is 11.6 Å². The molecule has 0 radical (unpaired) electrons. The monoisotopic (exact) mass is 445 g/mol. The van der Waals surface area contributed by atoms with E-state index in [-0.39, 0.29) is 22.9 Å². The van der Waals surface area contributed by atoms with Gasteiger partial charge in [-0.3, -0.25) is 9.69 Å². The highest BCUT2D eigenvalue weighted by molar-refractivity contribution is 5.94. The SMILES string of the molecule is CC1CCCCN1Cc1c(C(=O)N/N=C\c2ccc(F)cc2F)nnn1-c1nonc1N. The lowest BCUT2D eigenvalue weighted by atomic mass is 10.0. The van der Waals surface area contributed by atoms with E-state index in [2.05, 4.69) is 47.6 Å². The molecule has 0 bridgehead atoms. The third-order valence-corrected chi connectivity index (χ3v) is 5.30. The fourth-order valence-electron chi connectivity index (χ4n) is 3.53. The molecular formula is C19H21F2N9O2. The van der Waals surface area contributed by atoms with Gasteiger partial charge in [-0.15, -0.1) is 5.10 Å². The number of hydrogen-bond donors (Lipinski definition) is 2. The molecule has 0 saturated carbocycles. The number of nitrogens with two attached hydrogens (primary N) is 1. The molecule has 3 aromatic rings. The lowest BCUT2D eigenvalue weighted by Gasteiger charge is -2.33. The molecule has 1 aromatic carbocycles. The van der Waals surface area contributed by atoms with Crippen molar-refractivity contribution in [3.05, 3.63) is 46.8 Å². The zero-order chi connectivity index (χ0) is 22.7. The Balaban J connectivity index is 1.59. The lowest BCUT2D eigenvalue weighted by Crippen LogP contribution is -2.38. The van der Waals surface area contributed by atoms with Crippen molar-refractivity contribution in [1.29, 1.82) is 0 Å². The summed E-state index contributed by atoms with van der Waals surface area (Å²) in [5, 5.41) is 19.0. The minimum atomic E-state index is -0.803. The van der Waals surface area contributed by atoms with E-state index in [1.165, 1.54) is 10.7 Å². The molecule has 168 valence electrons. The van der Waals surface area contributed by atoms with Crippen molar-refractivity contribution in [3.8, 4) is 5.82 Å². The lowest BCUT2D eigenvalue weighted by molar-refractivity contribution is 0.0945. The predicted octanol–water partition coefficient (Wildman–Crippen LogP) is 1.65. The molecule has 32 heavy (non-hydrogen) atoms. The first-order valence-corrected chi connectivity index (χ1v) is 9.99. The summed E-state index contributed by atoms with van der Waals surface area (Å²) in [6.45, 7) is 3.32. The second-order valence-electron chi connectivity index (χ2n) is 7.45. The second kappa shape index (κ2) is 9.18. The van der Waals surface area contributed by atoms with Crippen LogP contribution in [0.3, 0.4) is 0 Å². The van der Waals surface area contributed by atoms with Crippen LogP contribution < -0.4 is 11.2 Å². The number of aromatic nitrogens is 5. The summed E-state index contributed by atoms with van der Waals surface area (Å²) in [5.74, 6) is -2.06. The van der Waals surface area contributed by atoms with E-state index in [1.54, 1.807) is 0 Å². The number of piperidine rings is 1. The summed E-state index contributed by atoms with van der Waals surface area (Å²) in [5.41, 5.74) is 8.54. The summed E-state index contributed by atoms with van der Waals surface area (Å²) in [7, 11) is 0. The first-order chi connectivity index (χ1) is 15.4. The highest BCUT2D eigenvalue weighted by atomic mass is 19.1. The molecule has 3 N–H and O–H groups in total. The molecule has 1 atom stereocenters. The molecule has 0 spiro atoms. The number of nitrogens with zero attached hydrogens (tertiary/aromatic N) is 7. The maximum absolute atomic E-state index is 13.7. The summed E-state index contributed by atoms with van der Waals surface area (Å²) >= 11 is 0. The first-order valence-electron chi connectivity index (χ1n) is 9.99. The summed E-state index contributed by atoms with van der Waals surface area (Å²) in [4.78, 5) is 15.0. The molecule has 0 aliphatic carbocycles. The number of anilines is 1. The van der Waals surface area contributed by atoms with Gasteiger partial charge >= 0.3 is 0 Å². The molecule has 1 amide bonds. The number of benzene rings is 1. The maximum atomic E-state index is 13.7. The number of halogens is 2. The van der Waals surface area contributed by atoms with Crippen molar-refractivity contribution in [3.63, 3.8) is 0 Å². The summed E-state index contributed by atoms with van der Waals surface area (Å²) < 4.78 is 32.7. The molecule has 13 heteroatoms. The number of amides is 1. The van der Waals surface area contributed by atoms with Gasteiger partial charge in [0.1, 0.15) is 11.6 Å². The van der Waals surface area contributed by atoms with Crippen molar-refractivity contribution < 1.29 is 18.2 Å². The van der Waals surface area contributed by atoms with Crippen molar-refractivity contribution in [1.82, 2.24) is 35.6 Å². The molecule has 4 rings (SSSR count). The Hall–Kier alpha value is -3.74. The molecule has 1 saturated heterocycles. The van der Waals surface area contributed by atoms with Gasteiger partial charge in [0.15, 0.2) is 5.69 Å². The van der Waals surface area contributed by atoms with E-state index in [9.17, 15) is 13.6 Å². The van der Waals surface area contributed by atoms with E-state index >= 15 is 0 Å². The number of carbonyl (C=O) groups is 1. The number of nitrogens with one attached hydrogen (secondary N) is 1. The molecule has 1 fully saturated rings. The number of hydrogen-bond acceptors (Lipinski definition) is 9. The van der Waals surface area contributed by atoms with Crippen LogP contribution in [0.2, 0.25) is 0 Å². The van der Waals surface area contributed by atoms with Crippen LogP contribution in [0.15, 0.2) is 27.9 Å². The predicted molar refractivity (Wildman–Crippen MR) is 109 cm³/mol. The van der Waals surface area contributed by atoms with Gasteiger partial charge in [0.05, 0.1) is 11.9 Å². The van der Waals surface area contributed by atoms with Crippen molar-refractivity contribution >= 4 is 17.9 Å². The largest absolute Gasteiger partial charge is 0.378 e. The van der Waals surface area contributed by atoms with Gasteiger partial charge in [-0.25, -0.2) is 18.8 Å². The average molecular weight is 445 g/mol. The Bertz CT molecular complexity index is 1140. The van der Waals surface area contributed by atoms with Crippen LogP contribution in [0.25, 0.3) is 5.82 Å². The second-order valence-corrected chi connectivity index (χ2v) is 7.45. The highest BCUT2D eigenvalue weighted by Gasteiger charge is 2.28. The van der Waals surface area contributed by atoms with Crippen molar-refractivity contribution in [2.75, 3.05) is 12.3 Å². The molecule has 1 unspecified atom stereocenters. The normalized spacial score (nSPS) is 17.2. The Morgan fingerprint density at radius 3 is 2.94 bits per heavy atom. The van der Waals surface area contributed by atoms with Gasteiger partial charge in [0.25, 0.3) is 5.91 Å². The average Bonchev–Trinajstić information content (AvgIpc) is 3.37. The van der Waals surface area contributed by atoms with Crippen molar-refractivity contribution in [2.24, 2.45) is 5.10 Å². The van der Waals surface area contributed by atoms with Gasteiger partial charge in [-0.05, 0) is 48.8 Å². The van der Waals surface area contributed by atoms with E-state index in [0.717, 1.165) is 44.2 Å². The van der Waals surface area contributed by atoms with Crippen LogP contribution >= 0.6 is 0 Å². The number of hydrazone groups is 1. The molecule has 11 nitrogen and oxygen atoms in total. The van der Waals surface area contributed by atoms with Crippen LogP contribution in [0.1, 0.15) is 47.9 Å². The number of rotatable bonds is 6. The van der Waals surface area contributed by atoms with E-state index in [4.69, 9.17) is 5.73 Å². The van der Waals surface area contributed by atoms with E-state index < -0.39 is 17.5 Å². The van der Waals surface area contributed by atoms with E-state index in [1.807, 2.05) is 0 Å². The Labute approximate surface area is 181 Å². The smallest absolute Gasteiger partial charge is 0.293 e. The molecule has 2 aromatic heterocycles. The topological polar surface area (TPSA) is 140 Å². The van der Waals surface area contributed by atoms with Gasteiger partial charge in [-0.2, -0.15) is 9.78 Å². The summed E-state index contributed by atoms with van der Waals surface area (Å²) in [6, 6.07) is 3.32. The standard InChI is InChI=1S/C19H21F2N9O2/c1-11-4-2-3-7-29(11)10-15-16(24-28-30(15)18-17(22)26-32-27-18)19(31)25-23-9-12-5-6-13(20)8-14(12)21/h5-6,8-9,11H,2-4,7,10H2,1H3,(H2,22,26)(H,25,31)/b23-9-. The quantitative estimate of drug-likeness (QED) is 0.431. The number of likely N-dealkylation sites (tertiary alicyclic amines) is 1. The van der Waals surface area contributed by atoms with Crippen molar-refractivity contribution in [2.45, 2.75) is 38.8 Å². The van der Waals surface area contributed by atoms with Crippen LogP contribution in [-0.2, 0) is 6.54 Å². The Morgan fingerprint density at radius 2 is 2.22 bits per heavy atom. The minimum absolute atomic E-state index is 0.000364. The molecular weight excluding hydrogens is 424 g/mol. The third kappa shape index (κ3) is 4.46. The van der Waals surface area contributed by atoms with Gasteiger partial charge in [-0.1, -0.05) is 11.6 Å². The Morgan fingerprint density at radius 1 is 1.38 bits per heavy atom. The Kier molecular flexibility index (Phi) is 6.16. The van der Waals surface area contributed by atoms with Gasteiger partial charge in [0, 0.05) is 24.2 Å².